The molecule has 0 aliphatic carbocycles. The van der Waals surface area contributed by atoms with Gasteiger partial charge >= 0.3 is 0 Å². The summed E-state index contributed by atoms with van der Waals surface area (Å²) in [4.78, 5) is 9.49. The molecular weight excluding hydrogens is 473 g/mol. The molecule has 6 heteroatoms. The Kier molecular flexibility index (Phi) is 10.0. The Hall–Kier alpha value is -1.02. The smallest absolute Gasteiger partial charge is 0.191 e. The number of halogens is 1. The summed E-state index contributed by atoms with van der Waals surface area (Å²) < 4.78 is 0. The fourth-order valence-electron chi connectivity index (χ4n) is 4.23. The molecular formula is C23H40IN5. The summed E-state index contributed by atoms with van der Waals surface area (Å²) in [5, 5.41) is 7.09. The average molecular weight is 514 g/mol. The number of benzene rings is 1. The Balaban J connectivity index is 0.00000300. The van der Waals surface area contributed by atoms with Gasteiger partial charge in [-0.1, -0.05) is 19.1 Å². The Labute approximate surface area is 194 Å². The number of likely N-dealkylation sites (tertiary alicyclic amines) is 1. The predicted molar refractivity (Wildman–Crippen MR) is 136 cm³/mol. The summed E-state index contributed by atoms with van der Waals surface area (Å²) in [5.41, 5.74) is 2.65. The molecule has 0 saturated carbocycles. The van der Waals surface area contributed by atoms with Crippen molar-refractivity contribution in [2.75, 3.05) is 38.1 Å². The van der Waals surface area contributed by atoms with Gasteiger partial charge in [0.25, 0.3) is 0 Å². The first-order valence-corrected chi connectivity index (χ1v) is 11.1. The van der Waals surface area contributed by atoms with E-state index in [1.54, 1.807) is 0 Å². The largest absolute Gasteiger partial charge is 0.372 e. The summed E-state index contributed by atoms with van der Waals surface area (Å²) in [5.74, 6) is 1.79. The first-order chi connectivity index (χ1) is 13.5. The zero-order chi connectivity index (χ0) is 19.9. The van der Waals surface area contributed by atoms with Gasteiger partial charge in [-0.3, -0.25) is 4.99 Å². The van der Waals surface area contributed by atoms with E-state index < -0.39 is 0 Å². The van der Waals surface area contributed by atoms with Crippen molar-refractivity contribution in [1.82, 2.24) is 15.5 Å². The van der Waals surface area contributed by atoms with Gasteiger partial charge in [-0.15, -0.1) is 24.0 Å². The van der Waals surface area contributed by atoms with E-state index >= 15 is 0 Å². The molecule has 0 aromatic heterocycles. The number of anilines is 1. The number of aliphatic imine (C=N–C) groups is 1. The average Bonchev–Trinajstić information content (AvgIpc) is 2.72. The summed E-state index contributed by atoms with van der Waals surface area (Å²) >= 11 is 0. The van der Waals surface area contributed by atoms with Gasteiger partial charge in [0.15, 0.2) is 5.96 Å². The predicted octanol–water partition coefficient (Wildman–Crippen LogP) is 4.08. The van der Waals surface area contributed by atoms with Gasteiger partial charge in [-0.05, 0) is 63.1 Å². The minimum atomic E-state index is 0. The Morgan fingerprint density at radius 3 is 2.21 bits per heavy atom. The molecule has 2 saturated heterocycles. The minimum Gasteiger partial charge on any atom is -0.372 e. The second kappa shape index (κ2) is 12.0. The fraction of sp³-hybridized carbons (Fsp3) is 0.696. The molecule has 5 nitrogen and oxygen atoms in total. The maximum atomic E-state index is 4.42. The van der Waals surface area contributed by atoms with Gasteiger partial charge in [-0.25, -0.2) is 0 Å². The van der Waals surface area contributed by atoms with Crippen LogP contribution in [-0.2, 0) is 6.54 Å². The Bertz CT molecular complexity index is 615. The van der Waals surface area contributed by atoms with Crippen LogP contribution in [0.1, 0.15) is 52.0 Å². The van der Waals surface area contributed by atoms with Crippen molar-refractivity contribution in [2.45, 2.75) is 65.1 Å². The van der Waals surface area contributed by atoms with E-state index in [-0.39, 0.29) is 24.0 Å². The monoisotopic (exact) mass is 513 g/mol. The highest BCUT2D eigenvalue weighted by atomic mass is 127. The van der Waals surface area contributed by atoms with E-state index in [1.165, 1.54) is 63.1 Å². The van der Waals surface area contributed by atoms with E-state index in [1.807, 2.05) is 7.05 Å². The van der Waals surface area contributed by atoms with Crippen molar-refractivity contribution in [3.8, 4) is 0 Å². The molecule has 0 atom stereocenters. The number of hydrogen-bond donors (Lipinski definition) is 2. The van der Waals surface area contributed by atoms with Crippen LogP contribution in [0.15, 0.2) is 29.3 Å². The highest BCUT2D eigenvalue weighted by Crippen LogP contribution is 2.23. The molecule has 2 aliphatic rings. The second-order valence-electron chi connectivity index (χ2n) is 8.81. The van der Waals surface area contributed by atoms with Crippen molar-refractivity contribution >= 4 is 35.6 Å². The van der Waals surface area contributed by atoms with Crippen LogP contribution < -0.4 is 15.5 Å². The van der Waals surface area contributed by atoms with Gasteiger partial charge in [0.05, 0.1) is 0 Å². The molecule has 2 fully saturated rings. The first-order valence-electron chi connectivity index (χ1n) is 11.1. The van der Waals surface area contributed by atoms with Crippen LogP contribution in [0, 0.1) is 5.92 Å². The zero-order valence-corrected chi connectivity index (χ0v) is 21.0. The van der Waals surface area contributed by atoms with Crippen molar-refractivity contribution in [2.24, 2.45) is 10.9 Å². The lowest BCUT2D eigenvalue weighted by Crippen LogP contribution is -2.49. The Morgan fingerprint density at radius 2 is 1.66 bits per heavy atom. The molecule has 0 amide bonds. The standard InChI is InChI=1S/C23H39N5.HI/c1-18(2)27-15-11-21(12-16-27)26-23(24-4)25-17-20-5-7-22(8-6-20)28-13-9-19(3)10-14-28;/h5-8,18-19,21H,9-17H2,1-4H3,(H2,24,25,26);1H. The lowest BCUT2D eigenvalue weighted by molar-refractivity contribution is 0.167. The number of hydrogen-bond acceptors (Lipinski definition) is 3. The summed E-state index contributed by atoms with van der Waals surface area (Å²) in [6.07, 6.45) is 4.98. The van der Waals surface area contributed by atoms with Crippen molar-refractivity contribution in [3.05, 3.63) is 29.8 Å². The molecule has 1 aromatic rings. The molecule has 29 heavy (non-hydrogen) atoms. The van der Waals surface area contributed by atoms with Crippen LogP contribution in [-0.4, -0.2) is 56.2 Å². The molecule has 2 N–H and O–H groups in total. The summed E-state index contributed by atoms with van der Waals surface area (Å²) in [6.45, 7) is 12.4. The quantitative estimate of drug-likeness (QED) is 0.354. The van der Waals surface area contributed by atoms with Gasteiger partial charge in [0, 0.05) is 57.5 Å². The van der Waals surface area contributed by atoms with Crippen molar-refractivity contribution < 1.29 is 0 Å². The van der Waals surface area contributed by atoms with E-state index in [0.717, 1.165) is 18.4 Å². The van der Waals surface area contributed by atoms with Crippen LogP contribution in [0.4, 0.5) is 5.69 Å². The molecule has 0 radical (unpaired) electrons. The van der Waals surface area contributed by atoms with Crippen LogP contribution in [0.25, 0.3) is 0 Å². The lowest BCUT2D eigenvalue weighted by atomic mass is 9.99. The van der Waals surface area contributed by atoms with Crippen LogP contribution >= 0.6 is 24.0 Å². The van der Waals surface area contributed by atoms with Gasteiger partial charge in [0.2, 0.25) is 0 Å². The molecule has 2 heterocycles. The number of nitrogens with one attached hydrogen (secondary N) is 2. The topological polar surface area (TPSA) is 42.9 Å². The molecule has 3 rings (SSSR count). The molecule has 1 aromatic carbocycles. The fourth-order valence-corrected chi connectivity index (χ4v) is 4.23. The molecule has 0 bridgehead atoms. The maximum absolute atomic E-state index is 4.42. The second-order valence-corrected chi connectivity index (χ2v) is 8.81. The normalized spacial score (nSPS) is 19.9. The SMILES string of the molecule is CN=C(NCc1ccc(N2CCC(C)CC2)cc1)NC1CCN(C(C)C)CC1.I. The minimum absolute atomic E-state index is 0. The van der Waals surface area contributed by atoms with Gasteiger partial charge < -0.3 is 20.4 Å². The van der Waals surface area contributed by atoms with Crippen LogP contribution in [0.2, 0.25) is 0 Å². The highest BCUT2D eigenvalue weighted by Gasteiger charge is 2.21. The lowest BCUT2D eigenvalue weighted by Gasteiger charge is -2.35. The summed E-state index contributed by atoms with van der Waals surface area (Å²) in [6, 6.07) is 10.2. The van der Waals surface area contributed by atoms with E-state index in [9.17, 15) is 0 Å². The van der Waals surface area contributed by atoms with Crippen molar-refractivity contribution in [3.63, 3.8) is 0 Å². The van der Waals surface area contributed by atoms with E-state index in [4.69, 9.17) is 0 Å². The van der Waals surface area contributed by atoms with Crippen molar-refractivity contribution in [1.29, 1.82) is 0 Å². The van der Waals surface area contributed by atoms with Gasteiger partial charge in [0.1, 0.15) is 0 Å². The number of guanidine groups is 1. The highest BCUT2D eigenvalue weighted by molar-refractivity contribution is 14.0. The summed E-state index contributed by atoms with van der Waals surface area (Å²) in [7, 11) is 1.86. The third-order valence-electron chi connectivity index (χ3n) is 6.37. The molecule has 164 valence electrons. The first kappa shape index (κ1) is 24.3. The van der Waals surface area contributed by atoms with E-state index in [2.05, 4.69) is 70.5 Å². The number of nitrogens with zero attached hydrogens (tertiary/aromatic N) is 3. The van der Waals surface area contributed by atoms with Gasteiger partial charge in [-0.2, -0.15) is 0 Å². The van der Waals surface area contributed by atoms with Crippen LogP contribution in [0.5, 0.6) is 0 Å². The zero-order valence-electron chi connectivity index (χ0n) is 18.7. The molecule has 2 aliphatic heterocycles. The third-order valence-corrected chi connectivity index (χ3v) is 6.37. The number of piperidine rings is 2. The number of rotatable bonds is 5. The molecule has 0 spiro atoms. The van der Waals surface area contributed by atoms with Crippen LogP contribution in [0.3, 0.4) is 0 Å². The maximum Gasteiger partial charge on any atom is 0.191 e. The van der Waals surface area contributed by atoms with E-state index in [0.29, 0.717) is 12.1 Å². The third kappa shape index (κ3) is 7.31. The molecule has 0 unspecified atom stereocenters. The Morgan fingerprint density at radius 1 is 1.03 bits per heavy atom.